The molecular formula is C22H21N5O3. The Kier molecular flexibility index (Phi) is 5.67. The second-order valence-electron chi connectivity index (χ2n) is 7.05. The van der Waals surface area contributed by atoms with Gasteiger partial charge in [0.2, 0.25) is 0 Å². The molecular weight excluding hydrogens is 382 g/mol. The van der Waals surface area contributed by atoms with Crippen LogP contribution >= 0.6 is 0 Å². The standard InChI is InChI=1S/C22H21N5O3/c1-3-30-21(28)27-9-8-16-17(10-23)20(26)22(12-24,13-25)19(18(16)11-27)14-4-6-15(29-2)7-5-14/h4-8,18-19H,3,9,11,26H2,1-2H3/t18-,19-/m1/s1. The molecule has 1 aromatic carbocycles. The van der Waals surface area contributed by atoms with E-state index in [-0.39, 0.29) is 31.0 Å². The van der Waals surface area contributed by atoms with Crippen LogP contribution in [0.4, 0.5) is 4.79 Å². The molecule has 30 heavy (non-hydrogen) atoms. The Balaban J connectivity index is 2.21. The molecule has 0 spiro atoms. The molecule has 3 rings (SSSR count). The molecule has 1 heterocycles. The number of hydrogen-bond acceptors (Lipinski definition) is 7. The largest absolute Gasteiger partial charge is 0.497 e. The fraction of sp³-hybridized carbons (Fsp3) is 0.364. The van der Waals surface area contributed by atoms with E-state index in [4.69, 9.17) is 15.2 Å². The molecule has 1 amide bonds. The van der Waals surface area contributed by atoms with Gasteiger partial charge in [0, 0.05) is 24.9 Å². The van der Waals surface area contributed by atoms with Gasteiger partial charge in [0.25, 0.3) is 0 Å². The lowest BCUT2D eigenvalue weighted by molar-refractivity contribution is 0.0999. The normalized spacial score (nSPS) is 22.0. The number of methoxy groups -OCH3 is 1. The third-order valence-corrected chi connectivity index (χ3v) is 5.67. The van der Waals surface area contributed by atoms with Crippen LogP contribution in [-0.2, 0) is 4.74 Å². The van der Waals surface area contributed by atoms with Crippen molar-refractivity contribution in [3.8, 4) is 24.0 Å². The van der Waals surface area contributed by atoms with Gasteiger partial charge in [0.05, 0.1) is 37.1 Å². The minimum atomic E-state index is -1.75. The summed E-state index contributed by atoms with van der Waals surface area (Å²) in [5.41, 5.74) is 5.94. The summed E-state index contributed by atoms with van der Waals surface area (Å²) in [6.45, 7) is 2.40. The number of fused-ring (bicyclic) bond motifs is 1. The van der Waals surface area contributed by atoms with Crippen molar-refractivity contribution < 1.29 is 14.3 Å². The molecule has 2 aliphatic rings. The number of rotatable bonds is 3. The van der Waals surface area contributed by atoms with E-state index in [0.717, 1.165) is 0 Å². The lowest BCUT2D eigenvalue weighted by atomic mass is 9.58. The van der Waals surface area contributed by atoms with Gasteiger partial charge in [-0.1, -0.05) is 18.2 Å². The summed E-state index contributed by atoms with van der Waals surface area (Å²) in [6, 6.07) is 13.2. The van der Waals surface area contributed by atoms with Crippen molar-refractivity contribution in [3.63, 3.8) is 0 Å². The third-order valence-electron chi connectivity index (χ3n) is 5.67. The van der Waals surface area contributed by atoms with E-state index in [2.05, 4.69) is 18.2 Å². The number of nitrogens with zero attached hydrogens (tertiary/aromatic N) is 4. The molecule has 0 unspecified atom stereocenters. The summed E-state index contributed by atoms with van der Waals surface area (Å²) in [7, 11) is 1.55. The smallest absolute Gasteiger partial charge is 0.410 e. The van der Waals surface area contributed by atoms with Gasteiger partial charge in [0.15, 0.2) is 5.41 Å². The Hall–Kier alpha value is -3.96. The first-order chi connectivity index (χ1) is 14.5. The van der Waals surface area contributed by atoms with Gasteiger partial charge in [-0.05, 0) is 30.2 Å². The highest BCUT2D eigenvalue weighted by Gasteiger charge is 2.54. The van der Waals surface area contributed by atoms with Crippen LogP contribution in [0.3, 0.4) is 0 Å². The van der Waals surface area contributed by atoms with Crippen LogP contribution in [0, 0.1) is 45.3 Å². The maximum Gasteiger partial charge on any atom is 0.410 e. The van der Waals surface area contributed by atoms with E-state index in [9.17, 15) is 20.6 Å². The highest BCUT2D eigenvalue weighted by atomic mass is 16.6. The van der Waals surface area contributed by atoms with Crippen molar-refractivity contribution in [3.05, 3.63) is 52.7 Å². The Morgan fingerprint density at radius 2 is 1.93 bits per heavy atom. The molecule has 1 aromatic rings. The molecule has 8 nitrogen and oxygen atoms in total. The zero-order valence-electron chi connectivity index (χ0n) is 16.8. The van der Waals surface area contributed by atoms with Crippen molar-refractivity contribution >= 4 is 6.09 Å². The zero-order chi connectivity index (χ0) is 21.9. The van der Waals surface area contributed by atoms with Crippen molar-refractivity contribution in [1.82, 2.24) is 4.90 Å². The minimum Gasteiger partial charge on any atom is -0.497 e. The number of carbonyl (C=O) groups excluding carboxylic acids is 1. The lowest BCUT2D eigenvalue weighted by Crippen LogP contribution is -2.49. The molecule has 0 radical (unpaired) electrons. The number of amides is 1. The fourth-order valence-corrected chi connectivity index (χ4v) is 4.23. The molecule has 1 aliphatic carbocycles. The Bertz CT molecular complexity index is 1020. The van der Waals surface area contributed by atoms with Gasteiger partial charge in [-0.2, -0.15) is 15.8 Å². The summed E-state index contributed by atoms with van der Waals surface area (Å²) < 4.78 is 10.3. The second-order valence-corrected chi connectivity index (χ2v) is 7.05. The molecule has 8 heteroatoms. The van der Waals surface area contributed by atoms with E-state index < -0.39 is 23.3 Å². The number of nitriles is 3. The van der Waals surface area contributed by atoms with Gasteiger partial charge in [-0.3, -0.25) is 0 Å². The average Bonchev–Trinajstić information content (AvgIpc) is 2.78. The van der Waals surface area contributed by atoms with Crippen molar-refractivity contribution in [1.29, 1.82) is 15.8 Å². The van der Waals surface area contributed by atoms with E-state index in [0.29, 0.717) is 16.9 Å². The molecule has 152 valence electrons. The van der Waals surface area contributed by atoms with Gasteiger partial charge in [0.1, 0.15) is 11.8 Å². The van der Waals surface area contributed by atoms with Crippen molar-refractivity contribution in [2.75, 3.05) is 26.8 Å². The van der Waals surface area contributed by atoms with Crippen LogP contribution in [0.15, 0.2) is 47.2 Å². The van der Waals surface area contributed by atoms with Crippen molar-refractivity contribution in [2.45, 2.75) is 12.8 Å². The number of hydrogen-bond donors (Lipinski definition) is 1. The molecule has 0 fully saturated rings. The van der Waals surface area contributed by atoms with E-state index in [1.165, 1.54) is 4.90 Å². The van der Waals surface area contributed by atoms with Crippen LogP contribution in [0.2, 0.25) is 0 Å². The first kappa shape index (κ1) is 20.8. The van der Waals surface area contributed by atoms with Crippen LogP contribution in [-0.4, -0.2) is 37.8 Å². The molecule has 2 N–H and O–H groups in total. The lowest BCUT2D eigenvalue weighted by Gasteiger charge is -2.45. The average molecular weight is 403 g/mol. The molecule has 0 saturated heterocycles. The van der Waals surface area contributed by atoms with Crippen LogP contribution in [0.5, 0.6) is 5.75 Å². The molecule has 0 bridgehead atoms. The third kappa shape index (κ3) is 3.11. The summed E-state index contributed by atoms with van der Waals surface area (Å²) in [5.74, 6) is -0.528. The van der Waals surface area contributed by atoms with E-state index in [1.807, 2.05) is 0 Å². The maximum atomic E-state index is 12.3. The van der Waals surface area contributed by atoms with Crippen LogP contribution < -0.4 is 10.5 Å². The predicted molar refractivity (Wildman–Crippen MR) is 106 cm³/mol. The molecule has 1 aliphatic heterocycles. The van der Waals surface area contributed by atoms with Crippen molar-refractivity contribution in [2.24, 2.45) is 17.1 Å². The maximum absolute atomic E-state index is 12.3. The number of carbonyl (C=O) groups is 1. The predicted octanol–water partition coefficient (Wildman–Crippen LogP) is 2.58. The highest BCUT2D eigenvalue weighted by Crippen LogP contribution is 2.54. The van der Waals surface area contributed by atoms with Gasteiger partial charge in [-0.15, -0.1) is 0 Å². The van der Waals surface area contributed by atoms with Crippen LogP contribution in [0.1, 0.15) is 18.4 Å². The Labute approximate surface area is 175 Å². The zero-order valence-corrected chi connectivity index (χ0v) is 16.8. The quantitative estimate of drug-likeness (QED) is 0.819. The SMILES string of the molecule is CCOC(=O)N1CC=C2C(C#N)=C(N)C(C#N)(C#N)[C@H](c3ccc(OC)cc3)[C@@H]2C1. The van der Waals surface area contributed by atoms with Crippen LogP contribution in [0.25, 0.3) is 0 Å². The summed E-state index contributed by atoms with van der Waals surface area (Å²) >= 11 is 0. The minimum absolute atomic E-state index is 0.0529. The number of ether oxygens (including phenoxy) is 2. The first-order valence-corrected chi connectivity index (χ1v) is 9.46. The Morgan fingerprint density at radius 3 is 2.47 bits per heavy atom. The molecule has 0 aromatic heterocycles. The summed E-state index contributed by atoms with van der Waals surface area (Å²) in [5, 5.41) is 29.9. The molecule has 2 atom stereocenters. The van der Waals surface area contributed by atoms with E-state index >= 15 is 0 Å². The topological polar surface area (TPSA) is 136 Å². The monoisotopic (exact) mass is 403 g/mol. The second kappa shape index (κ2) is 8.19. The number of allylic oxidation sites excluding steroid dienone is 2. The fourth-order valence-electron chi connectivity index (χ4n) is 4.23. The Morgan fingerprint density at radius 1 is 1.27 bits per heavy atom. The first-order valence-electron chi connectivity index (χ1n) is 9.46. The summed E-state index contributed by atoms with van der Waals surface area (Å²) in [4.78, 5) is 13.8. The van der Waals surface area contributed by atoms with Gasteiger partial charge < -0.3 is 20.1 Å². The van der Waals surface area contributed by atoms with Gasteiger partial charge in [-0.25, -0.2) is 4.79 Å². The number of nitrogens with two attached hydrogens (primary N) is 1. The number of benzene rings is 1. The van der Waals surface area contributed by atoms with Gasteiger partial charge >= 0.3 is 6.09 Å². The molecule has 0 saturated carbocycles. The van der Waals surface area contributed by atoms with E-state index in [1.54, 1.807) is 44.4 Å². The summed E-state index contributed by atoms with van der Waals surface area (Å²) in [6.07, 6.45) is 1.27. The highest BCUT2D eigenvalue weighted by molar-refractivity contribution is 5.69.